The first-order valence-corrected chi connectivity index (χ1v) is 10.1. The fraction of sp³-hybridized carbons (Fsp3) is 0.542. The van der Waals surface area contributed by atoms with Crippen molar-refractivity contribution in [1.82, 2.24) is 0 Å². The number of benzene rings is 1. The summed E-state index contributed by atoms with van der Waals surface area (Å²) in [5, 5.41) is 0. The van der Waals surface area contributed by atoms with E-state index >= 15 is 0 Å². The first-order chi connectivity index (χ1) is 12.3. The Kier molecular flexibility index (Phi) is 6.51. The fourth-order valence-corrected chi connectivity index (χ4v) is 3.94. The van der Waals surface area contributed by atoms with Crippen molar-refractivity contribution in [2.45, 2.75) is 77.0 Å². The van der Waals surface area contributed by atoms with Gasteiger partial charge < -0.3 is 0 Å². The number of carbonyl (C=O) groups is 1. The van der Waals surface area contributed by atoms with E-state index in [1.165, 1.54) is 56.1 Å². The molecule has 25 heavy (non-hydrogen) atoms. The van der Waals surface area contributed by atoms with E-state index in [0.29, 0.717) is 5.92 Å². The van der Waals surface area contributed by atoms with E-state index in [-0.39, 0.29) is 5.78 Å². The van der Waals surface area contributed by atoms with Crippen LogP contribution in [0.1, 0.15) is 93.0 Å². The lowest BCUT2D eigenvalue weighted by Crippen LogP contribution is -2.17. The SMILES string of the molecule is CCCCCCCC#CCCC1=CC(=O)c2ccccc2C1C1CC1. The number of unbranched alkanes of at least 4 members (excludes halogenated alkanes) is 5. The molecule has 2 aliphatic rings. The standard InChI is InChI=1S/C24H30O/c1-2-3-4-5-6-7-8-9-10-13-20-18-23(25)21-14-11-12-15-22(21)24(20)19-16-17-19/h11-12,14-15,18-19,24H,2-7,10,13,16-17H2,1H3. The molecule has 1 heteroatoms. The number of fused-ring (bicyclic) bond motifs is 1. The molecule has 0 saturated heterocycles. The number of carbonyl (C=O) groups excluding carboxylic acids is 1. The summed E-state index contributed by atoms with van der Waals surface area (Å²) in [4.78, 5) is 12.4. The Hall–Kier alpha value is -1.81. The van der Waals surface area contributed by atoms with Crippen LogP contribution in [0, 0.1) is 17.8 Å². The highest BCUT2D eigenvalue weighted by Gasteiger charge is 2.38. The van der Waals surface area contributed by atoms with Gasteiger partial charge in [-0.2, -0.15) is 0 Å². The second-order valence-corrected chi connectivity index (χ2v) is 7.50. The van der Waals surface area contributed by atoms with Crippen LogP contribution in [0.3, 0.4) is 0 Å². The van der Waals surface area contributed by atoms with Gasteiger partial charge in [0.2, 0.25) is 0 Å². The van der Waals surface area contributed by atoms with E-state index in [2.05, 4.69) is 30.9 Å². The minimum Gasteiger partial charge on any atom is -0.289 e. The quantitative estimate of drug-likeness (QED) is 0.394. The number of ketones is 1. The van der Waals surface area contributed by atoms with Crippen LogP contribution in [0.4, 0.5) is 0 Å². The average molecular weight is 335 g/mol. The largest absolute Gasteiger partial charge is 0.289 e. The van der Waals surface area contributed by atoms with E-state index in [9.17, 15) is 4.79 Å². The molecule has 1 fully saturated rings. The lowest BCUT2D eigenvalue weighted by Gasteiger charge is -2.26. The van der Waals surface area contributed by atoms with Crippen molar-refractivity contribution in [2.75, 3.05) is 0 Å². The molecule has 3 rings (SSSR count). The minimum atomic E-state index is 0.186. The molecule has 0 aromatic heterocycles. The zero-order chi connectivity index (χ0) is 17.5. The van der Waals surface area contributed by atoms with Crippen molar-refractivity contribution < 1.29 is 4.79 Å². The van der Waals surface area contributed by atoms with Crippen LogP contribution in [0.15, 0.2) is 35.9 Å². The van der Waals surface area contributed by atoms with Crippen molar-refractivity contribution >= 4 is 5.78 Å². The smallest absolute Gasteiger partial charge is 0.186 e. The third-order valence-electron chi connectivity index (χ3n) is 5.44. The molecule has 1 aromatic rings. The summed E-state index contributed by atoms with van der Waals surface area (Å²) in [6, 6.07) is 8.19. The second kappa shape index (κ2) is 9.04. The molecule has 0 amide bonds. The zero-order valence-corrected chi connectivity index (χ0v) is 15.5. The number of hydrogen-bond acceptors (Lipinski definition) is 1. The van der Waals surface area contributed by atoms with E-state index in [1.807, 2.05) is 18.2 Å². The molecule has 1 aromatic carbocycles. The van der Waals surface area contributed by atoms with Gasteiger partial charge in [-0.1, -0.05) is 62.4 Å². The van der Waals surface area contributed by atoms with Gasteiger partial charge in [-0.25, -0.2) is 0 Å². The van der Waals surface area contributed by atoms with Gasteiger partial charge in [-0.05, 0) is 43.2 Å². The van der Waals surface area contributed by atoms with Crippen molar-refractivity contribution in [2.24, 2.45) is 5.92 Å². The molecule has 1 unspecified atom stereocenters. The van der Waals surface area contributed by atoms with Gasteiger partial charge >= 0.3 is 0 Å². The van der Waals surface area contributed by atoms with Crippen molar-refractivity contribution in [1.29, 1.82) is 0 Å². The van der Waals surface area contributed by atoms with Crippen LogP contribution in [0.25, 0.3) is 0 Å². The predicted molar refractivity (Wildman–Crippen MR) is 105 cm³/mol. The number of hydrogen-bond donors (Lipinski definition) is 0. The maximum atomic E-state index is 12.4. The van der Waals surface area contributed by atoms with Crippen LogP contribution in [0.2, 0.25) is 0 Å². The average Bonchev–Trinajstić information content (AvgIpc) is 3.45. The minimum absolute atomic E-state index is 0.186. The Balaban J connectivity index is 1.53. The molecule has 1 saturated carbocycles. The molecule has 0 N–H and O–H groups in total. The van der Waals surface area contributed by atoms with Crippen LogP contribution < -0.4 is 0 Å². The lowest BCUT2D eigenvalue weighted by molar-refractivity contribution is 0.104. The van der Waals surface area contributed by atoms with Crippen molar-refractivity contribution in [3.8, 4) is 11.8 Å². The van der Waals surface area contributed by atoms with Gasteiger partial charge in [-0.15, -0.1) is 11.8 Å². The second-order valence-electron chi connectivity index (χ2n) is 7.50. The predicted octanol–water partition coefficient (Wildman–Crippen LogP) is 6.45. The van der Waals surface area contributed by atoms with E-state index < -0.39 is 0 Å². The molecule has 1 atom stereocenters. The summed E-state index contributed by atoms with van der Waals surface area (Å²) in [6.07, 6.45) is 13.9. The summed E-state index contributed by atoms with van der Waals surface area (Å²) >= 11 is 0. The highest BCUT2D eigenvalue weighted by molar-refractivity contribution is 6.07. The lowest BCUT2D eigenvalue weighted by atomic mass is 9.77. The Morgan fingerprint density at radius 3 is 2.56 bits per heavy atom. The first-order valence-electron chi connectivity index (χ1n) is 10.1. The van der Waals surface area contributed by atoms with E-state index in [1.54, 1.807) is 0 Å². The van der Waals surface area contributed by atoms with Gasteiger partial charge in [0.05, 0.1) is 0 Å². The Bertz CT molecular complexity index is 682. The summed E-state index contributed by atoms with van der Waals surface area (Å²) < 4.78 is 0. The highest BCUT2D eigenvalue weighted by Crippen LogP contribution is 2.50. The summed E-state index contributed by atoms with van der Waals surface area (Å²) in [7, 11) is 0. The van der Waals surface area contributed by atoms with Gasteiger partial charge in [-0.3, -0.25) is 4.79 Å². The molecule has 0 radical (unpaired) electrons. The van der Waals surface area contributed by atoms with Crippen molar-refractivity contribution in [3.63, 3.8) is 0 Å². The van der Waals surface area contributed by atoms with E-state index in [0.717, 1.165) is 30.7 Å². The van der Waals surface area contributed by atoms with Crippen LogP contribution >= 0.6 is 0 Å². The van der Waals surface area contributed by atoms with Crippen molar-refractivity contribution in [3.05, 3.63) is 47.0 Å². The summed E-state index contributed by atoms with van der Waals surface area (Å²) in [5.41, 5.74) is 3.50. The highest BCUT2D eigenvalue weighted by atomic mass is 16.1. The van der Waals surface area contributed by atoms with Crippen LogP contribution in [0.5, 0.6) is 0 Å². The molecular formula is C24H30O. The molecule has 0 aliphatic heterocycles. The van der Waals surface area contributed by atoms with Crippen LogP contribution in [-0.4, -0.2) is 5.78 Å². The van der Waals surface area contributed by atoms with Gasteiger partial charge in [0.25, 0.3) is 0 Å². The molecule has 2 aliphatic carbocycles. The monoisotopic (exact) mass is 334 g/mol. The molecule has 0 heterocycles. The topological polar surface area (TPSA) is 17.1 Å². The summed E-state index contributed by atoms with van der Waals surface area (Å²) in [6.45, 7) is 2.25. The maximum Gasteiger partial charge on any atom is 0.186 e. The fourth-order valence-electron chi connectivity index (χ4n) is 3.94. The van der Waals surface area contributed by atoms with Gasteiger partial charge in [0.1, 0.15) is 0 Å². The third-order valence-corrected chi connectivity index (χ3v) is 5.44. The molecule has 1 nitrogen and oxygen atoms in total. The Morgan fingerprint density at radius 1 is 1.00 bits per heavy atom. The first kappa shape index (κ1) is 18.0. The zero-order valence-electron chi connectivity index (χ0n) is 15.5. The number of allylic oxidation sites excluding steroid dienone is 2. The molecular weight excluding hydrogens is 304 g/mol. The normalized spacial score (nSPS) is 19.0. The molecule has 0 spiro atoms. The van der Waals surface area contributed by atoms with Gasteiger partial charge in [0, 0.05) is 24.3 Å². The van der Waals surface area contributed by atoms with E-state index in [4.69, 9.17) is 0 Å². The molecule has 132 valence electrons. The Labute approximate surface area is 152 Å². The summed E-state index contributed by atoms with van der Waals surface area (Å²) in [5.74, 6) is 8.06. The molecule has 0 bridgehead atoms. The van der Waals surface area contributed by atoms with Gasteiger partial charge in [0.15, 0.2) is 5.78 Å². The Morgan fingerprint density at radius 2 is 1.76 bits per heavy atom. The third kappa shape index (κ3) is 4.85. The maximum absolute atomic E-state index is 12.4. The number of rotatable bonds is 8. The van der Waals surface area contributed by atoms with Crippen LogP contribution in [-0.2, 0) is 0 Å².